The van der Waals surface area contributed by atoms with Crippen molar-refractivity contribution in [3.8, 4) is 0 Å². The van der Waals surface area contributed by atoms with Gasteiger partial charge < -0.3 is 5.32 Å². The van der Waals surface area contributed by atoms with E-state index in [1.807, 2.05) is 24.3 Å². The Kier molecular flexibility index (Phi) is 6.33. The molecule has 0 aliphatic heterocycles. The first-order valence-electron chi connectivity index (χ1n) is 7.26. The van der Waals surface area contributed by atoms with Crippen molar-refractivity contribution in [2.45, 2.75) is 25.7 Å². The monoisotopic (exact) mass is 350 g/mol. The second-order valence-electron chi connectivity index (χ2n) is 5.09. The SMILES string of the molecule is CCCNCC(Cc1ccc(Br)cn1)c1ccccc1F. The molecule has 1 heterocycles. The Morgan fingerprint density at radius 3 is 2.71 bits per heavy atom. The minimum absolute atomic E-state index is 0.0893. The molecule has 2 aromatic rings. The molecule has 1 atom stereocenters. The van der Waals surface area contributed by atoms with E-state index in [4.69, 9.17) is 0 Å². The van der Waals surface area contributed by atoms with E-state index in [1.165, 1.54) is 6.07 Å². The van der Waals surface area contributed by atoms with Crippen molar-refractivity contribution in [2.24, 2.45) is 0 Å². The topological polar surface area (TPSA) is 24.9 Å². The molecule has 0 aliphatic carbocycles. The number of rotatable bonds is 7. The van der Waals surface area contributed by atoms with E-state index >= 15 is 0 Å². The van der Waals surface area contributed by atoms with E-state index in [0.29, 0.717) is 0 Å². The lowest BCUT2D eigenvalue weighted by Gasteiger charge is -2.18. The van der Waals surface area contributed by atoms with E-state index < -0.39 is 0 Å². The minimum atomic E-state index is -0.141. The van der Waals surface area contributed by atoms with E-state index in [0.717, 1.165) is 41.7 Å². The molecule has 2 nitrogen and oxygen atoms in total. The second kappa shape index (κ2) is 8.25. The van der Waals surface area contributed by atoms with Crippen LogP contribution in [0, 0.1) is 5.82 Å². The lowest BCUT2D eigenvalue weighted by molar-refractivity contribution is 0.533. The summed E-state index contributed by atoms with van der Waals surface area (Å²) in [5.41, 5.74) is 1.73. The molecular formula is C17H20BrFN2. The Hall–Kier alpha value is -1.26. The van der Waals surface area contributed by atoms with Gasteiger partial charge in [-0.05, 0) is 59.1 Å². The summed E-state index contributed by atoms with van der Waals surface area (Å²) in [6.07, 6.45) is 3.58. The number of halogens is 2. The first-order valence-corrected chi connectivity index (χ1v) is 8.05. The van der Waals surface area contributed by atoms with Crippen molar-refractivity contribution in [3.05, 3.63) is 64.1 Å². The highest BCUT2D eigenvalue weighted by Gasteiger charge is 2.16. The normalized spacial score (nSPS) is 12.3. The summed E-state index contributed by atoms with van der Waals surface area (Å²) in [5, 5.41) is 3.39. The largest absolute Gasteiger partial charge is 0.316 e. The van der Waals surface area contributed by atoms with E-state index in [1.54, 1.807) is 12.3 Å². The Morgan fingerprint density at radius 1 is 1.24 bits per heavy atom. The Labute approximate surface area is 133 Å². The maximum Gasteiger partial charge on any atom is 0.126 e. The van der Waals surface area contributed by atoms with Crippen molar-refractivity contribution < 1.29 is 4.39 Å². The van der Waals surface area contributed by atoms with Crippen LogP contribution in [0.15, 0.2) is 47.1 Å². The van der Waals surface area contributed by atoms with Crippen LogP contribution < -0.4 is 5.32 Å². The van der Waals surface area contributed by atoms with Gasteiger partial charge >= 0.3 is 0 Å². The molecule has 0 saturated heterocycles. The molecule has 1 aromatic carbocycles. The average Bonchev–Trinajstić information content (AvgIpc) is 2.49. The molecule has 0 bridgehead atoms. The Morgan fingerprint density at radius 2 is 2.05 bits per heavy atom. The average molecular weight is 351 g/mol. The third-order valence-electron chi connectivity index (χ3n) is 3.41. The van der Waals surface area contributed by atoms with E-state index in [2.05, 4.69) is 33.2 Å². The molecule has 2 rings (SSSR count). The first kappa shape index (κ1) is 16.1. The van der Waals surface area contributed by atoms with Gasteiger partial charge in [-0.1, -0.05) is 25.1 Å². The van der Waals surface area contributed by atoms with Crippen molar-refractivity contribution in [2.75, 3.05) is 13.1 Å². The number of aromatic nitrogens is 1. The lowest BCUT2D eigenvalue weighted by atomic mass is 9.93. The smallest absolute Gasteiger partial charge is 0.126 e. The molecule has 112 valence electrons. The summed E-state index contributed by atoms with van der Waals surface area (Å²) in [6.45, 7) is 3.83. The fourth-order valence-electron chi connectivity index (χ4n) is 2.33. The number of pyridine rings is 1. The van der Waals surface area contributed by atoms with Crippen molar-refractivity contribution in [1.82, 2.24) is 10.3 Å². The van der Waals surface area contributed by atoms with Crippen molar-refractivity contribution in [3.63, 3.8) is 0 Å². The molecule has 0 saturated carbocycles. The summed E-state index contributed by atoms with van der Waals surface area (Å²) in [7, 11) is 0. The quantitative estimate of drug-likeness (QED) is 0.752. The summed E-state index contributed by atoms with van der Waals surface area (Å²) in [6, 6.07) is 11.0. The summed E-state index contributed by atoms with van der Waals surface area (Å²) in [4.78, 5) is 4.40. The maximum atomic E-state index is 14.1. The van der Waals surface area contributed by atoms with Crippen LogP contribution in [-0.4, -0.2) is 18.1 Å². The van der Waals surface area contributed by atoms with E-state index in [-0.39, 0.29) is 11.7 Å². The van der Waals surface area contributed by atoms with Gasteiger partial charge in [0.05, 0.1) is 0 Å². The molecule has 0 spiro atoms. The molecule has 1 aromatic heterocycles. The van der Waals surface area contributed by atoms with Gasteiger partial charge in [0.2, 0.25) is 0 Å². The van der Waals surface area contributed by atoms with E-state index in [9.17, 15) is 4.39 Å². The molecule has 0 amide bonds. The fraction of sp³-hybridized carbons (Fsp3) is 0.353. The number of hydrogen-bond acceptors (Lipinski definition) is 2. The van der Waals surface area contributed by atoms with Gasteiger partial charge in [0.15, 0.2) is 0 Å². The fourth-order valence-corrected chi connectivity index (χ4v) is 2.57. The van der Waals surface area contributed by atoms with Gasteiger partial charge in [-0.3, -0.25) is 4.98 Å². The summed E-state index contributed by atoms with van der Waals surface area (Å²) in [5.74, 6) is -0.0515. The molecule has 0 aliphatic rings. The molecule has 0 fully saturated rings. The van der Waals surface area contributed by atoms with Gasteiger partial charge in [0, 0.05) is 28.8 Å². The first-order chi connectivity index (χ1) is 10.2. The van der Waals surface area contributed by atoms with Crippen LogP contribution in [0.2, 0.25) is 0 Å². The van der Waals surface area contributed by atoms with Crippen LogP contribution in [-0.2, 0) is 6.42 Å². The maximum absolute atomic E-state index is 14.1. The zero-order valence-corrected chi connectivity index (χ0v) is 13.7. The number of benzene rings is 1. The third kappa shape index (κ3) is 4.90. The summed E-state index contributed by atoms with van der Waals surface area (Å²) < 4.78 is 15.0. The highest BCUT2D eigenvalue weighted by atomic mass is 79.9. The molecule has 1 unspecified atom stereocenters. The van der Waals surface area contributed by atoms with Gasteiger partial charge in [0.1, 0.15) is 5.82 Å². The van der Waals surface area contributed by atoms with Gasteiger partial charge in [-0.25, -0.2) is 4.39 Å². The van der Waals surface area contributed by atoms with Gasteiger partial charge in [0.25, 0.3) is 0 Å². The van der Waals surface area contributed by atoms with Crippen LogP contribution in [0.3, 0.4) is 0 Å². The predicted molar refractivity (Wildman–Crippen MR) is 87.9 cm³/mol. The van der Waals surface area contributed by atoms with Crippen LogP contribution in [0.4, 0.5) is 4.39 Å². The highest BCUT2D eigenvalue weighted by Crippen LogP contribution is 2.23. The zero-order valence-electron chi connectivity index (χ0n) is 12.2. The Balaban J connectivity index is 2.15. The number of hydrogen-bond donors (Lipinski definition) is 1. The van der Waals surface area contributed by atoms with Crippen molar-refractivity contribution in [1.29, 1.82) is 0 Å². The van der Waals surface area contributed by atoms with Crippen LogP contribution >= 0.6 is 15.9 Å². The predicted octanol–water partition coefficient (Wildman–Crippen LogP) is 4.31. The van der Waals surface area contributed by atoms with Gasteiger partial charge in [-0.15, -0.1) is 0 Å². The minimum Gasteiger partial charge on any atom is -0.316 e. The third-order valence-corrected chi connectivity index (χ3v) is 3.88. The highest BCUT2D eigenvalue weighted by molar-refractivity contribution is 9.10. The van der Waals surface area contributed by atoms with Crippen LogP contribution in [0.5, 0.6) is 0 Å². The zero-order chi connectivity index (χ0) is 15.1. The summed E-state index contributed by atoms with van der Waals surface area (Å²) >= 11 is 3.38. The lowest BCUT2D eigenvalue weighted by Crippen LogP contribution is -2.24. The molecule has 0 radical (unpaired) electrons. The molecule has 4 heteroatoms. The number of nitrogens with zero attached hydrogens (tertiary/aromatic N) is 1. The standard InChI is InChI=1S/C17H20BrFN2/c1-2-9-20-11-13(16-5-3-4-6-17(16)19)10-15-8-7-14(18)12-21-15/h3-8,12-13,20H,2,9-11H2,1H3. The molecular weight excluding hydrogens is 331 g/mol. The second-order valence-corrected chi connectivity index (χ2v) is 6.01. The molecule has 1 N–H and O–H groups in total. The molecule has 21 heavy (non-hydrogen) atoms. The van der Waals surface area contributed by atoms with Crippen LogP contribution in [0.25, 0.3) is 0 Å². The Bertz CT molecular complexity index is 557. The number of nitrogens with one attached hydrogen (secondary N) is 1. The van der Waals surface area contributed by atoms with Crippen molar-refractivity contribution >= 4 is 15.9 Å². The van der Waals surface area contributed by atoms with Crippen LogP contribution in [0.1, 0.15) is 30.5 Å². The van der Waals surface area contributed by atoms with Gasteiger partial charge in [-0.2, -0.15) is 0 Å².